The van der Waals surface area contributed by atoms with Crippen LogP contribution in [0.5, 0.6) is 5.75 Å². The Bertz CT molecular complexity index is 591. The molecule has 2 rings (SSSR count). The molecule has 0 atom stereocenters. The van der Waals surface area contributed by atoms with Gasteiger partial charge in [-0.05, 0) is 29.8 Å². The maximum Gasteiger partial charge on any atom is 0.307 e. The van der Waals surface area contributed by atoms with Crippen molar-refractivity contribution in [2.75, 3.05) is 0 Å². The molecule has 0 aromatic heterocycles. The van der Waals surface area contributed by atoms with Crippen molar-refractivity contribution in [3.63, 3.8) is 0 Å². The van der Waals surface area contributed by atoms with Crippen LogP contribution in [0.1, 0.15) is 11.1 Å². The minimum atomic E-state index is -0.892. The van der Waals surface area contributed by atoms with Crippen molar-refractivity contribution < 1.29 is 19.0 Å². The van der Waals surface area contributed by atoms with Gasteiger partial charge in [-0.15, -0.1) is 0 Å². The Morgan fingerprint density at radius 1 is 1.20 bits per heavy atom. The topological polar surface area (TPSA) is 46.5 Å². The van der Waals surface area contributed by atoms with Crippen LogP contribution in [0.2, 0.25) is 5.02 Å². The number of carbonyl (C=O) groups is 1. The second-order valence-electron chi connectivity index (χ2n) is 4.20. The molecule has 0 aliphatic carbocycles. The molecule has 0 spiro atoms. The van der Waals surface area contributed by atoms with E-state index in [9.17, 15) is 9.18 Å². The maximum atomic E-state index is 13.5. The Balaban J connectivity index is 2.02. The molecule has 0 fully saturated rings. The highest BCUT2D eigenvalue weighted by molar-refractivity contribution is 6.31. The SMILES string of the molecule is O=C(O)Cc1ccc(OCc2c(F)cccc2Cl)cc1. The van der Waals surface area contributed by atoms with E-state index in [0.29, 0.717) is 21.9 Å². The zero-order valence-electron chi connectivity index (χ0n) is 10.5. The van der Waals surface area contributed by atoms with E-state index in [-0.39, 0.29) is 13.0 Å². The normalized spacial score (nSPS) is 10.3. The van der Waals surface area contributed by atoms with E-state index in [2.05, 4.69) is 0 Å². The predicted molar refractivity (Wildman–Crippen MR) is 73.5 cm³/mol. The first kappa shape index (κ1) is 14.3. The molecule has 104 valence electrons. The number of ether oxygens (including phenoxy) is 1. The van der Waals surface area contributed by atoms with Gasteiger partial charge >= 0.3 is 5.97 Å². The Labute approximate surface area is 120 Å². The fraction of sp³-hybridized carbons (Fsp3) is 0.133. The summed E-state index contributed by atoms with van der Waals surface area (Å²) in [6, 6.07) is 11.1. The van der Waals surface area contributed by atoms with Gasteiger partial charge in [-0.3, -0.25) is 4.79 Å². The Morgan fingerprint density at radius 2 is 1.90 bits per heavy atom. The lowest BCUT2D eigenvalue weighted by molar-refractivity contribution is -0.136. The van der Waals surface area contributed by atoms with E-state index < -0.39 is 11.8 Å². The fourth-order valence-electron chi connectivity index (χ4n) is 1.70. The van der Waals surface area contributed by atoms with Crippen molar-refractivity contribution in [1.82, 2.24) is 0 Å². The van der Waals surface area contributed by atoms with Crippen LogP contribution in [0.4, 0.5) is 4.39 Å². The number of rotatable bonds is 5. The molecule has 0 saturated heterocycles. The van der Waals surface area contributed by atoms with Crippen molar-refractivity contribution >= 4 is 17.6 Å². The molecule has 20 heavy (non-hydrogen) atoms. The van der Waals surface area contributed by atoms with Gasteiger partial charge in [-0.2, -0.15) is 0 Å². The lowest BCUT2D eigenvalue weighted by Crippen LogP contribution is -2.01. The van der Waals surface area contributed by atoms with Crippen LogP contribution in [0.25, 0.3) is 0 Å². The maximum absolute atomic E-state index is 13.5. The number of hydrogen-bond donors (Lipinski definition) is 1. The van der Waals surface area contributed by atoms with Crippen LogP contribution in [0.3, 0.4) is 0 Å². The molecule has 3 nitrogen and oxygen atoms in total. The van der Waals surface area contributed by atoms with Crippen LogP contribution in [0.15, 0.2) is 42.5 Å². The average molecular weight is 295 g/mol. The average Bonchev–Trinajstić information content (AvgIpc) is 2.39. The lowest BCUT2D eigenvalue weighted by atomic mass is 10.1. The van der Waals surface area contributed by atoms with Gasteiger partial charge in [0.25, 0.3) is 0 Å². The molecule has 0 aliphatic heterocycles. The van der Waals surface area contributed by atoms with Crippen LogP contribution >= 0.6 is 11.6 Å². The standard InChI is InChI=1S/C15H12ClFO3/c16-13-2-1-3-14(17)12(13)9-20-11-6-4-10(5-7-11)8-15(18)19/h1-7H,8-9H2,(H,18,19). The summed E-state index contributed by atoms with van der Waals surface area (Å²) in [6.07, 6.45) is -0.0422. The van der Waals surface area contributed by atoms with E-state index in [4.69, 9.17) is 21.4 Å². The number of benzene rings is 2. The molecule has 0 heterocycles. The molecule has 2 aromatic rings. The van der Waals surface area contributed by atoms with Gasteiger partial charge in [0.15, 0.2) is 0 Å². The highest BCUT2D eigenvalue weighted by Crippen LogP contribution is 2.21. The molecule has 1 N–H and O–H groups in total. The monoisotopic (exact) mass is 294 g/mol. The number of carboxylic acids is 1. The smallest absolute Gasteiger partial charge is 0.307 e. The summed E-state index contributed by atoms with van der Waals surface area (Å²) < 4.78 is 19.0. The molecule has 0 aliphatic rings. The Kier molecular flexibility index (Phi) is 4.58. The quantitative estimate of drug-likeness (QED) is 0.915. The molecule has 0 unspecified atom stereocenters. The van der Waals surface area contributed by atoms with Gasteiger partial charge in [0.1, 0.15) is 18.2 Å². The van der Waals surface area contributed by atoms with Crippen molar-refractivity contribution in [2.24, 2.45) is 0 Å². The first-order chi connectivity index (χ1) is 9.56. The highest BCUT2D eigenvalue weighted by Gasteiger charge is 2.07. The molecule has 0 bridgehead atoms. The molecule has 0 amide bonds. The van der Waals surface area contributed by atoms with Crippen molar-refractivity contribution in [2.45, 2.75) is 13.0 Å². The number of aliphatic carboxylic acids is 1. The summed E-state index contributed by atoms with van der Waals surface area (Å²) in [7, 11) is 0. The first-order valence-corrected chi connectivity index (χ1v) is 6.30. The van der Waals surface area contributed by atoms with Crippen molar-refractivity contribution in [3.8, 4) is 5.75 Å². The first-order valence-electron chi connectivity index (χ1n) is 5.92. The lowest BCUT2D eigenvalue weighted by Gasteiger charge is -2.09. The summed E-state index contributed by atoms with van der Waals surface area (Å²) in [5.41, 5.74) is 0.970. The molecular weight excluding hydrogens is 283 g/mol. The number of carboxylic acid groups (broad SMARTS) is 1. The van der Waals surface area contributed by atoms with Crippen LogP contribution in [-0.4, -0.2) is 11.1 Å². The second-order valence-corrected chi connectivity index (χ2v) is 4.61. The van der Waals surface area contributed by atoms with Gasteiger partial charge in [-0.25, -0.2) is 4.39 Å². The largest absolute Gasteiger partial charge is 0.489 e. The van der Waals surface area contributed by atoms with Gasteiger partial charge in [0, 0.05) is 5.56 Å². The Hall–Kier alpha value is -2.07. The number of halogens is 2. The Morgan fingerprint density at radius 3 is 2.50 bits per heavy atom. The number of hydrogen-bond acceptors (Lipinski definition) is 2. The molecule has 2 aromatic carbocycles. The summed E-state index contributed by atoms with van der Waals surface area (Å²) in [5.74, 6) is -0.782. The third-order valence-corrected chi connectivity index (χ3v) is 3.08. The third kappa shape index (κ3) is 3.71. The predicted octanol–water partition coefficient (Wildman–Crippen LogP) is 3.69. The van der Waals surface area contributed by atoms with E-state index in [1.54, 1.807) is 30.3 Å². The molecular formula is C15H12ClFO3. The minimum Gasteiger partial charge on any atom is -0.489 e. The summed E-state index contributed by atoms with van der Waals surface area (Å²) >= 11 is 5.89. The zero-order chi connectivity index (χ0) is 14.5. The summed E-state index contributed by atoms with van der Waals surface area (Å²) in [6.45, 7) is 0.0176. The molecule has 0 saturated carbocycles. The van der Waals surface area contributed by atoms with Crippen molar-refractivity contribution in [3.05, 3.63) is 64.4 Å². The minimum absolute atomic E-state index is 0.0176. The van der Waals surface area contributed by atoms with Gasteiger partial charge in [0.2, 0.25) is 0 Å². The summed E-state index contributed by atoms with van der Waals surface area (Å²) in [5, 5.41) is 8.97. The van der Waals surface area contributed by atoms with Gasteiger partial charge < -0.3 is 9.84 Å². The van der Waals surface area contributed by atoms with Crippen LogP contribution in [-0.2, 0) is 17.8 Å². The van der Waals surface area contributed by atoms with Crippen molar-refractivity contribution in [1.29, 1.82) is 0 Å². The highest BCUT2D eigenvalue weighted by atomic mass is 35.5. The van der Waals surface area contributed by atoms with E-state index in [0.717, 1.165) is 0 Å². The molecule has 5 heteroatoms. The van der Waals surface area contributed by atoms with Crippen LogP contribution in [0, 0.1) is 5.82 Å². The van der Waals surface area contributed by atoms with E-state index in [1.807, 2.05) is 0 Å². The second kappa shape index (κ2) is 6.39. The van der Waals surface area contributed by atoms with Crippen LogP contribution < -0.4 is 4.74 Å². The molecule has 0 radical (unpaired) electrons. The van der Waals surface area contributed by atoms with Gasteiger partial charge in [-0.1, -0.05) is 29.8 Å². The van der Waals surface area contributed by atoms with E-state index >= 15 is 0 Å². The fourth-order valence-corrected chi connectivity index (χ4v) is 1.92. The zero-order valence-corrected chi connectivity index (χ0v) is 11.2. The van der Waals surface area contributed by atoms with Gasteiger partial charge in [0.05, 0.1) is 11.4 Å². The third-order valence-electron chi connectivity index (χ3n) is 2.72. The summed E-state index contributed by atoms with van der Waals surface area (Å²) in [4.78, 5) is 10.6. The van der Waals surface area contributed by atoms with E-state index in [1.165, 1.54) is 12.1 Å².